The number of nitrogens with zero attached hydrogens (tertiary/aromatic N) is 1. The van der Waals surface area contributed by atoms with Gasteiger partial charge in [-0.1, -0.05) is 23.4 Å². The molecule has 0 bridgehead atoms. The van der Waals surface area contributed by atoms with Crippen LogP contribution in [0.1, 0.15) is 16.8 Å². The van der Waals surface area contributed by atoms with Gasteiger partial charge in [-0.3, -0.25) is 10.1 Å². The van der Waals surface area contributed by atoms with Crippen LogP contribution in [0.25, 0.3) is 10.9 Å². The molecule has 5 nitrogen and oxygen atoms in total. The number of hydrogen-bond acceptors (Lipinski definition) is 3. The van der Waals surface area contributed by atoms with Crippen molar-refractivity contribution in [2.75, 3.05) is 5.32 Å². The lowest BCUT2D eigenvalue weighted by atomic mass is 10.1. The number of aryl methyl sites for hydroxylation is 1. The molecule has 2 heterocycles. The standard InChI is InChI=1S/C15H15N3O2/c1-9-10(2)18-20-15(9)17-14(19)7-11-8-16-13-6-4-3-5-12(11)13/h3-6,8,16H,7H2,1-2H3,(H,17,19). The first-order chi connectivity index (χ1) is 9.65. The lowest BCUT2D eigenvalue weighted by Gasteiger charge is -2.01. The van der Waals surface area contributed by atoms with Gasteiger partial charge in [-0.2, -0.15) is 0 Å². The number of nitrogens with one attached hydrogen (secondary N) is 2. The highest BCUT2D eigenvalue weighted by molar-refractivity contribution is 5.95. The molecule has 3 aromatic rings. The van der Waals surface area contributed by atoms with Crippen LogP contribution in [0.3, 0.4) is 0 Å². The van der Waals surface area contributed by atoms with Crippen LogP contribution >= 0.6 is 0 Å². The summed E-state index contributed by atoms with van der Waals surface area (Å²) in [5, 5.41) is 7.64. The molecular formula is C15H15N3O2. The molecule has 20 heavy (non-hydrogen) atoms. The molecule has 102 valence electrons. The van der Waals surface area contributed by atoms with Crippen molar-refractivity contribution in [3.05, 3.63) is 47.3 Å². The number of rotatable bonds is 3. The molecule has 0 saturated heterocycles. The molecule has 0 radical (unpaired) electrons. The highest BCUT2D eigenvalue weighted by atomic mass is 16.5. The number of fused-ring (bicyclic) bond motifs is 1. The molecule has 0 fully saturated rings. The smallest absolute Gasteiger partial charge is 0.234 e. The maximum Gasteiger partial charge on any atom is 0.234 e. The van der Waals surface area contributed by atoms with E-state index >= 15 is 0 Å². The zero-order valence-corrected chi connectivity index (χ0v) is 11.4. The van der Waals surface area contributed by atoms with Gasteiger partial charge in [-0.05, 0) is 25.5 Å². The fourth-order valence-electron chi connectivity index (χ4n) is 2.15. The van der Waals surface area contributed by atoms with Gasteiger partial charge in [0.25, 0.3) is 0 Å². The van der Waals surface area contributed by atoms with Gasteiger partial charge in [0.2, 0.25) is 11.8 Å². The number of benzene rings is 1. The molecule has 1 aromatic carbocycles. The molecule has 0 aliphatic rings. The summed E-state index contributed by atoms with van der Waals surface area (Å²) in [6.07, 6.45) is 2.16. The van der Waals surface area contributed by atoms with Crippen LogP contribution in [0.4, 0.5) is 5.88 Å². The van der Waals surface area contributed by atoms with Gasteiger partial charge in [0, 0.05) is 22.7 Å². The quantitative estimate of drug-likeness (QED) is 0.768. The Morgan fingerprint density at radius 1 is 1.35 bits per heavy atom. The minimum Gasteiger partial charge on any atom is -0.361 e. The van der Waals surface area contributed by atoms with E-state index in [9.17, 15) is 4.79 Å². The van der Waals surface area contributed by atoms with Crippen LogP contribution < -0.4 is 5.32 Å². The molecule has 0 atom stereocenters. The van der Waals surface area contributed by atoms with Crippen LogP contribution in [0.2, 0.25) is 0 Å². The van der Waals surface area contributed by atoms with Gasteiger partial charge >= 0.3 is 0 Å². The van der Waals surface area contributed by atoms with Crippen LogP contribution in [-0.2, 0) is 11.2 Å². The predicted octanol–water partition coefficient (Wildman–Crippen LogP) is 2.95. The fraction of sp³-hybridized carbons (Fsp3) is 0.200. The molecule has 5 heteroatoms. The van der Waals surface area contributed by atoms with Gasteiger partial charge < -0.3 is 9.51 Å². The Balaban J connectivity index is 1.78. The van der Waals surface area contributed by atoms with E-state index in [-0.39, 0.29) is 5.91 Å². The fourth-order valence-corrected chi connectivity index (χ4v) is 2.15. The van der Waals surface area contributed by atoms with E-state index in [1.807, 2.05) is 44.3 Å². The summed E-state index contributed by atoms with van der Waals surface area (Å²) in [5.41, 5.74) is 3.64. The number of aromatic nitrogens is 2. The van der Waals surface area contributed by atoms with E-state index < -0.39 is 0 Å². The molecule has 0 saturated carbocycles. The minimum absolute atomic E-state index is 0.117. The Hall–Kier alpha value is -2.56. The van der Waals surface area contributed by atoms with Gasteiger partial charge in [-0.25, -0.2) is 0 Å². The van der Waals surface area contributed by atoms with E-state index in [1.165, 1.54) is 0 Å². The van der Waals surface area contributed by atoms with Gasteiger partial charge in [0.15, 0.2) is 0 Å². The molecule has 0 aliphatic carbocycles. The monoisotopic (exact) mass is 269 g/mol. The number of H-pyrrole nitrogens is 1. The average molecular weight is 269 g/mol. The maximum atomic E-state index is 12.1. The van der Waals surface area contributed by atoms with Crippen LogP contribution in [-0.4, -0.2) is 16.0 Å². The first-order valence-corrected chi connectivity index (χ1v) is 6.43. The third kappa shape index (κ3) is 2.18. The molecule has 3 rings (SSSR count). The highest BCUT2D eigenvalue weighted by Gasteiger charge is 2.13. The lowest BCUT2D eigenvalue weighted by molar-refractivity contribution is -0.115. The topological polar surface area (TPSA) is 70.9 Å². The largest absolute Gasteiger partial charge is 0.361 e. The molecule has 0 unspecified atom stereocenters. The van der Waals surface area contributed by atoms with Crippen molar-refractivity contribution in [2.24, 2.45) is 0 Å². The predicted molar refractivity (Wildman–Crippen MR) is 76.6 cm³/mol. The van der Waals surface area contributed by atoms with E-state index in [1.54, 1.807) is 0 Å². The van der Waals surface area contributed by atoms with Crippen molar-refractivity contribution >= 4 is 22.7 Å². The van der Waals surface area contributed by atoms with Crippen molar-refractivity contribution < 1.29 is 9.32 Å². The Labute approximate surface area is 116 Å². The summed E-state index contributed by atoms with van der Waals surface area (Å²) < 4.78 is 5.08. The van der Waals surface area contributed by atoms with Gasteiger partial charge in [0.05, 0.1) is 12.1 Å². The van der Waals surface area contributed by atoms with Crippen molar-refractivity contribution in [3.8, 4) is 0 Å². The highest BCUT2D eigenvalue weighted by Crippen LogP contribution is 2.20. The molecule has 0 spiro atoms. The van der Waals surface area contributed by atoms with E-state index in [0.717, 1.165) is 27.7 Å². The van der Waals surface area contributed by atoms with Crippen molar-refractivity contribution in [1.82, 2.24) is 10.1 Å². The van der Waals surface area contributed by atoms with E-state index in [2.05, 4.69) is 15.5 Å². The third-order valence-electron chi connectivity index (χ3n) is 3.44. The van der Waals surface area contributed by atoms with Crippen molar-refractivity contribution in [2.45, 2.75) is 20.3 Å². The average Bonchev–Trinajstić information content (AvgIpc) is 2.98. The number of anilines is 1. The Kier molecular flexibility index (Phi) is 3.02. The second-order valence-corrected chi connectivity index (χ2v) is 4.81. The first kappa shape index (κ1) is 12.5. The van der Waals surface area contributed by atoms with Crippen molar-refractivity contribution in [3.63, 3.8) is 0 Å². The molecular weight excluding hydrogens is 254 g/mol. The summed E-state index contributed by atoms with van der Waals surface area (Å²) in [6.45, 7) is 3.71. The van der Waals surface area contributed by atoms with Crippen LogP contribution in [0, 0.1) is 13.8 Å². The normalized spacial score (nSPS) is 10.9. The van der Waals surface area contributed by atoms with E-state index in [0.29, 0.717) is 12.3 Å². The summed E-state index contributed by atoms with van der Waals surface area (Å²) in [5.74, 6) is 0.307. The Morgan fingerprint density at radius 2 is 2.15 bits per heavy atom. The molecule has 1 amide bonds. The number of para-hydroxylation sites is 1. The molecule has 0 aliphatic heterocycles. The number of hydrogen-bond donors (Lipinski definition) is 2. The second kappa shape index (κ2) is 4.85. The Bertz CT molecular complexity index is 770. The van der Waals surface area contributed by atoms with Crippen LogP contribution in [0.15, 0.2) is 35.0 Å². The minimum atomic E-state index is -0.117. The number of amides is 1. The summed E-state index contributed by atoms with van der Waals surface area (Å²) in [4.78, 5) is 15.2. The zero-order valence-electron chi connectivity index (χ0n) is 11.4. The number of carbonyl (C=O) groups excluding carboxylic acids is 1. The summed E-state index contributed by atoms with van der Waals surface area (Å²) in [6, 6.07) is 7.91. The molecule has 2 aromatic heterocycles. The number of aromatic amines is 1. The van der Waals surface area contributed by atoms with Gasteiger partial charge in [0.1, 0.15) is 0 Å². The van der Waals surface area contributed by atoms with Crippen molar-refractivity contribution in [1.29, 1.82) is 0 Å². The second-order valence-electron chi connectivity index (χ2n) is 4.81. The first-order valence-electron chi connectivity index (χ1n) is 6.43. The van der Waals surface area contributed by atoms with Gasteiger partial charge in [-0.15, -0.1) is 0 Å². The summed E-state index contributed by atoms with van der Waals surface area (Å²) in [7, 11) is 0. The van der Waals surface area contributed by atoms with Crippen LogP contribution in [0.5, 0.6) is 0 Å². The summed E-state index contributed by atoms with van der Waals surface area (Å²) >= 11 is 0. The number of carbonyl (C=O) groups is 1. The zero-order chi connectivity index (χ0) is 14.1. The third-order valence-corrected chi connectivity index (χ3v) is 3.44. The lowest BCUT2D eigenvalue weighted by Crippen LogP contribution is -2.14. The molecule has 2 N–H and O–H groups in total. The SMILES string of the molecule is Cc1noc(NC(=O)Cc2c[nH]c3ccccc23)c1C. The maximum absolute atomic E-state index is 12.1. The Morgan fingerprint density at radius 3 is 2.90 bits per heavy atom. The van der Waals surface area contributed by atoms with E-state index in [4.69, 9.17) is 4.52 Å².